The molecule has 0 spiro atoms. The van der Waals surface area contributed by atoms with Gasteiger partial charge in [-0.05, 0) is 37.7 Å². The van der Waals surface area contributed by atoms with Crippen LogP contribution in [0.15, 0.2) is 15.7 Å². The fourth-order valence-electron chi connectivity index (χ4n) is 4.25. The molecule has 29 heavy (non-hydrogen) atoms. The van der Waals surface area contributed by atoms with E-state index in [4.69, 9.17) is 15.7 Å². The Hall–Kier alpha value is -2.59. The van der Waals surface area contributed by atoms with Gasteiger partial charge in [0.2, 0.25) is 0 Å². The van der Waals surface area contributed by atoms with Crippen molar-refractivity contribution in [3.8, 4) is 5.75 Å². The Morgan fingerprint density at radius 3 is 2.48 bits per heavy atom. The number of piperidine rings is 1. The van der Waals surface area contributed by atoms with Crippen LogP contribution in [0.5, 0.6) is 5.75 Å². The maximum absolute atomic E-state index is 15.1. The SMILES string of the molecule is COc1c(N2CCC([C@@H](O)CO)CC2)c(F)cc2c(=O)n(N)c(=O)n(C3CC3)c12. The highest BCUT2D eigenvalue weighted by molar-refractivity contribution is 5.91. The van der Waals surface area contributed by atoms with Crippen molar-refractivity contribution in [2.24, 2.45) is 5.92 Å². The Morgan fingerprint density at radius 2 is 1.93 bits per heavy atom. The number of nitrogens with zero attached hydrogens (tertiary/aromatic N) is 3. The summed E-state index contributed by atoms with van der Waals surface area (Å²) in [5.41, 5.74) is -0.957. The number of aliphatic hydroxyl groups excluding tert-OH is 2. The van der Waals surface area contributed by atoms with Crippen molar-refractivity contribution >= 4 is 16.6 Å². The molecule has 4 rings (SSSR count). The van der Waals surface area contributed by atoms with E-state index in [0.29, 0.717) is 30.6 Å². The number of hydrogen-bond donors (Lipinski definition) is 3. The van der Waals surface area contributed by atoms with Gasteiger partial charge < -0.3 is 25.7 Å². The molecule has 0 bridgehead atoms. The van der Waals surface area contributed by atoms with Gasteiger partial charge in [0.1, 0.15) is 11.2 Å². The molecule has 1 aliphatic carbocycles. The number of nitrogens with two attached hydrogens (primary N) is 1. The zero-order chi connectivity index (χ0) is 20.9. The van der Waals surface area contributed by atoms with Crippen molar-refractivity contribution in [1.82, 2.24) is 9.24 Å². The molecule has 1 aromatic heterocycles. The number of nitrogen functional groups attached to an aromatic ring is 1. The molecule has 1 saturated heterocycles. The van der Waals surface area contributed by atoms with E-state index in [-0.39, 0.29) is 40.9 Å². The van der Waals surface area contributed by atoms with E-state index in [1.54, 1.807) is 4.90 Å². The predicted octanol–water partition coefficient (Wildman–Crippen LogP) is -0.0708. The summed E-state index contributed by atoms with van der Waals surface area (Å²) in [6.45, 7) is 0.585. The molecule has 1 aromatic carbocycles. The maximum Gasteiger partial charge on any atom is 0.350 e. The fraction of sp³-hybridized carbons (Fsp3) is 0.579. The minimum Gasteiger partial charge on any atom is -0.492 e. The van der Waals surface area contributed by atoms with Crippen LogP contribution < -0.4 is 26.7 Å². The summed E-state index contributed by atoms with van der Waals surface area (Å²) in [7, 11) is 1.38. The van der Waals surface area contributed by atoms with Crippen molar-refractivity contribution in [1.29, 1.82) is 0 Å². The largest absolute Gasteiger partial charge is 0.492 e. The summed E-state index contributed by atoms with van der Waals surface area (Å²) in [5, 5.41) is 19.0. The van der Waals surface area contributed by atoms with Crippen LogP contribution in [-0.2, 0) is 0 Å². The van der Waals surface area contributed by atoms with Crippen LogP contribution in [-0.4, -0.2) is 52.4 Å². The fourth-order valence-corrected chi connectivity index (χ4v) is 4.25. The minimum atomic E-state index is -0.802. The van der Waals surface area contributed by atoms with Gasteiger partial charge in [-0.2, -0.15) is 4.68 Å². The van der Waals surface area contributed by atoms with Crippen molar-refractivity contribution in [2.75, 3.05) is 37.5 Å². The van der Waals surface area contributed by atoms with Gasteiger partial charge in [-0.3, -0.25) is 9.36 Å². The zero-order valence-electron chi connectivity index (χ0n) is 16.2. The smallest absolute Gasteiger partial charge is 0.350 e. The third-order valence-electron chi connectivity index (χ3n) is 5.99. The van der Waals surface area contributed by atoms with Crippen LogP contribution in [0, 0.1) is 11.7 Å². The Bertz CT molecular complexity index is 1050. The second-order valence-electron chi connectivity index (χ2n) is 7.77. The average molecular weight is 408 g/mol. The van der Waals surface area contributed by atoms with Crippen molar-refractivity contribution in [2.45, 2.75) is 37.8 Å². The maximum atomic E-state index is 15.1. The third kappa shape index (κ3) is 3.16. The van der Waals surface area contributed by atoms with E-state index in [1.807, 2.05) is 0 Å². The van der Waals surface area contributed by atoms with Gasteiger partial charge in [-0.1, -0.05) is 0 Å². The number of halogens is 1. The summed E-state index contributed by atoms with van der Waals surface area (Å²) in [4.78, 5) is 27.0. The Morgan fingerprint density at radius 1 is 1.28 bits per heavy atom. The van der Waals surface area contributed by atoms with Crippen molar-refractivity contribution < 1.29 is 19.3 Å². The van der Waals surface area contributed by atoms with Crippen LogP contribution in [0.25, 0.3) is 10.9 Å². The molecule has 2 aliphatic rings. The first kappa shape index (κ1) is 19.7. The molecule has 1 saturated carbocycles. The van der Waals surface area contributed by atoms with E-state index in [2.05, 4.69) is 0 Å². The van der Waals surface area contributed by atoms with Gasteiger partial charge in [0.15, 0.2) is 11.6 Å². The molecular formula is C19H25FN4O5. The van der Waals surface area contributed by atoms with Crippen molar-refractivity contribution in [3.63, 3.8) is 0 Å². The van der Waals surface area contributed by atoms with Gasteiger partial charge in [-0.15, -0.1) is 0 Å². The Balaban J connectivity index is 1.87. The number of anilines is 1. The molecule has 4 N–H and O–H groups in total. The molecule has 0 unspecified atom stereocenters. The van der Waals surface area contributed by atoms with Crippen LogP contribution in [0.2, 0.25) is 0 Å². The molecule has 0 radical (unpaired) electrons. The average Bonchev–Trinajstić information content (AvgIpc) is 3.56. The van der Waals surface area contributed by atoms with Crippen LogP contribution in [0.1, 0.15) is 31.7 Å². The van der Waals surface area contributed by atoms with E-state index in [0.717, 1.165) is 18.9 Å². The number of aliphatic hydroxyl groups is 2. The molecule has 2 fully saturated rings. The predicted molar refractivity (Wildman–Crippen MR) is 105 cm³/mol. The molecule has 1 atom stereocenters. The quantitative estimate of drug-likeness (QED) is 0.592. The molecule has 1 aliphatic heterocycles. The number of ether oxygens (including phenoxy) is 1. The van der Waals surface area contributed by atoms with Crippen molar-refractivity contribution in [3.05, 3.63) is 32.7 Å². The summed E-state index contributed by atoms with van der Waals surface area (Å²) in [5.74, 6) is 5.09. The molecular weight excluding hydrogens is 383 g/mol. The first-order chi connectivity index (χ1) is 13.9. The number of benzene rings is 1. The van der Waals surface area contributed by atoms with Gasteiger partial charge >= 0.3 is 5.69 Å². The van der Waals surface area contributed by atoms with Crippen LogP contribution >= 0.6 is 0 Å². The molecule has 0 amide bonds. The van der Waals surface area contributed by atoms with Gasteiger partial charge in [0.25, 0.3) is 5.56 Å². The number of rotatable bonds is 5. The van der Waals surface area contributed by atoms with E-state index in [9.17, 15) is 14.7 Å². The Kier molecular flexibility index (Phi) is 4.99. The number of hydrogen-bond acceptors (Lipinski definition) is 7. The van der Waals surface area contributed by atoms with Gasteiger partial charge in [0, 0.05) is 19.1 Å². The zero-order valence-corrected chi connectivity index (χ0v) is 16.2. The van der Waals surface area contributed by atoms with E-state index >= 15 is 4.39 Å². The minimum absolute atomic E-state index is 0.00249. The van der Waals surface area contributed by atoms with Gasteiger partial charge in [0.05, 0.1) is 25.2 Å². The monoisotopic (exact) mass is 408 g/mol. The topological polar surface area (TPSA) is 123 Å². The van der Waals surface area contributed by atoms with Crippen LogP contribution in [0.4, 0.5) is 10.1 Å². The number of fused-ring (bicyclic) bond motifs is 1. The normalized spacial score (nSPS) is 19.0. The lowest BCUT2D eigenvalue weighted by Gasteiger charge is -2.36. The van der Waals surface area contributed by atoms with E-state index < -0.39 is 23.2 Å². The lowest BCUT2D eigenvalue weighted by atomic mass is 9.91. The molecule has 9 nitrogen and oxygen atoms in total. The number of methoxy groups -OCH3 is 1. The Labute approximate surface area is 165 Å². The molecule has 158 valence electrons. The first-order valence-corrected chi connectivity index (χ1v) is 9.75. The molecule has 2 heterocycles. The molecule has 2 aromatic rings. The van der Waals surface area contributed by atoms with E-state index in [1.165, 1.54) is 11.7 Å². The second-order valence-corrected chi connectivity index (χ2v) is 7.77. The highest BCUT2D eigenvalue weighted by Gasteiger charge is 2.33. The highest BCUT2D eigenvalue weighted by atomic mass is 19.1. The van der Waals surface area contributed by atoms with Gasteiger partial charge in [-0.25, -0.2) is 9.18 Å². The molecule has 10 heteroatoms. The highest BCUT2D eigenvalue weighted by Crippen LogP contribution is 2.43. The summed E-state index contributed by atoms with van der Waals surface area (Å²) < 4.78 is 22.6. The second kappa shape index (κ2) is 7.34. The summed E-state index contributed by atoms with van der Waals surface area (Å²) in [6.07, 6.45) is 1.88. The lowest BCUT2D eigenvalue weighted by Crippen LogP contribution is -2.45. The summed E-state index contributed by atoms with van der Waals surface area (Å²) in [6, 6.07) is 1.02. The lowest BCUT2D eigenvalue weighted by molar-refractivity contribution is 0.0376. The standard InChI is InChI=1S/C19H25FN4O5/c1-29-17-15-12(18(27)24(21)19(28)23(15)11-2-3-11)8-13(20)16(17)22-6-4-10(5-7-22)14(26)9-25/h8,10-11,14,25-26H,2-7,9,21H2,1H3/t14-/m0/s1. The third-order valence-corrected chi connectivity index (χ3v) is 5.99. The number of aromatic nitrogens is 2. The van der Waals surface area contributed by atoms with Crippen LogP contribution in [0.3, 0.4) is 0 Å². The summed E-state index contributed by atoms with van der Waals surface area (Å²) >= 11 is 0. The first-order valence-electron chi connectivity index (χ1n) is 9.75.